The maximum absolute atomic E-state index is 6.22. The maximum Gasteiger partial charge on any atom is 0.164 e. The van der Waals surface area contributed by atoms with E-state index in [2.05, 4.69) is 121 Å². The summed E-state index contributed by atoms with van der Waals surface area (Å²) < 4.78 is 6.22. The van der Waals surface area contributed by atoms with Crippen LogP contribution in [0.25, 0.3) is 99.9 Å². The largest absolute Gasteiger partial charge is 0.456 e. The molecule has 10 aromatic rings. The summed E-state index contributed by atoms with van der Waals surface area (Å²) in [4.78, 5) is 15.4. The lowest BCUT2D eigenvalue weighted by Crippen LogP contribution is -2.00. The monoisotopic (exact) mass is 651 g/mol. The fourth-order valence-electron chi connectivity index (χ4n) is 7.38. The molecular weight excluding hydrogens is 623 g/mol. The van der Waals surface area contributed by atoms with Crippen molar-refractivity contribution in [2.45, 2.75) is 0 Å². The zero-order chi connectivity index (χ0) is 33.7. The molecule has 4 nitrogen and oxygen atoms in total. The van der Waals surface area contributed by atoms with E-state index in [1.165, 1.54) is 21.9 Å². The van der Waals surface area contributed by atoms with E-state index in [1.54, 1.807) is 0 Å². The van der Waals surface area contributed by atoms with Crippen molar-refractivity contribution < 1.29 is 4.42 Å². The van der Waals surface area contributed by atoms with E-state index in [-0.39, 0.29) is 0 Å². The van der Waals surface area contributed by atoms with Crippen LogP contribution in [0, 0.1) is 0 Å². The smallest absolute Gasteiger partial charge is 0.164 e. The van der Waals surface area contributed by atoms with Gasteiger partial charge in [0.1, 0.15) is 11.2 Å². The third kappa shape index (κ3) is 4.96. The number of benzene rings is 8. The van der Waals surface area contributed by atoms with E-state index in [4.69, 9.17) is 19.4 Å². The van der Waals surface area contributed by atoms with Crippen LogP contribution >= 0.6 is 0 Å². The lowest BCUT2D eigenvalue weighted by molar-refractivity contribution is 0.669. The van der Waals surface area contributed by atoms with Gasteiger partial charge in [0.05, 0.1) is 0 Å². The number of fused-ring (bicyclic) bond motifs is 5. The summed E-state index contributed by atoms with van der Waals surface area (Å²) in [6.45, 7) is 0. The average Bonchev–Trinajstić information content (AvgIpc) is 3.59. The number of nitrogens with zero attached hydrogens (tertiary/aromatic N) is 3. The lowest BCUT2D eigenvalue weighted by Gasteiger charge is -2.14. The molecule has 0 saturated carbocycles. The van der Waals surface area contributed by atoms with Crippen LogP contribution in [0.5, 0.6) is 0 Å². The van der Waals surface area contributed by atoms with Crippen molar-refractivity contribution in [3.8, 4) is 56.4 Å². The predicted molar refractivity (Wildman–Crippen MR) is 209 cm³/mol. The average molecular weight is 652 g/mol. The Morgan fingerprint density at radius 2 is 0.824 bits per heavy atom. The molecule has 0 aliphatic rings. The summed E-state index contributed by atoms with van der Waals surface area (Å²) in [5.41, 5.74) is 9.11. The van der Waals surface area contributed by atoms with Gasteiger partial charge >= 0.3 is 0 Å². The van der Waals surface area contributed by atoms with Gasteiger partial charge in [-0.05, 0) is 62.0 Å². The van der Waals surface area contributed by atoms with E-state index >= 15 is 0 Å². The Hall–Kier alpha value is -6.91. The van der Waals surface area contributed by atoms with Gasteiger partial charge in [-0.15, -0.1) is 0 Å². The quantitative estimate of drug-likeness (QED) is 0.186. The molecule has 0 unspecified atom stereocenters. The van der Waals surface area contributed by atoms with Crippen LogP contribution in [-0.2, 0) is 0 Å². The standard InChI is InChI=1S/C47H29N3O/c1-2-14-31(15-3-1)45-48-46(33-18-8-17-32(29-33)35-21-12-28-43-44(35)41-20-6-7-27-42(41)51-43)50-47(49-45)40-26-11-24-38-37(23-10-25-39(38)40)36-22-9-16-30-13-4-5-19-34(30)36/h1-29H. The van der Waals surface area contributed by atoms with E-state index in [0.29, 0.717) is 17.5 Å². The molecule has 2 heterocycles. The van der Waals surface area contributed by atoms with Crippen LogP contribution in [0.4, 0.5) is 0 Å². The molecule has 51 heavy (non-hydrogen) atoms. The lowest BCUT2D eigenvalue weighted by atomic mass is 9.92. The number of hydrogen-bond donors (Lipinski definition) is 0. The first kappa shape index (κ1) is 29.0. The highest BCUT2D eigenvalue weighted by atomic mass is 16.3. The Morgan fingerprint density at radius 1 is 0.314 bits per heavy atom. The number of para-hydroxylation sites is 1. The minimum absolute atomic E-state index is 0.618. The van der Waals surface area contributed by atoms with E-state index in [0.717, 1.165) is 60.5 Å². The van der Waals surface area contributed by atoms with Crippen molar-refractivity contribution in [1.29, 1.82) is 0 Å². The zero-order valence-electron chi connectivity index (χ0n) is 27.5. The molecule has 0 amide bonds. The highest BCUT2D eigenvalue weighted by molar-refractivity contribution is 6.12. The molecule has 10 rings (SSSR count). The van der Waals surface area contributed by atoms with Crippen molar-refractivity contribution in [1.82, 2.24) is 15.0 Å². The second-order valence-electron chi connectivity index (χ2n) is 12.8. The molecule has 0 atom stereocenters. The Bertz CT molecular complexity index is 2920. The van der Waals surface area contributed by atoms with Crippen LogP contribution in [0.2, 0.25) is 0 Å². The fraction of sp³-hybridized carbons (Fsp3) is 0. The second-order valence-corrected chi connectivity index (χ2v) is 12.8. The molecule has 0 aliphatic carbocycles. The summed E-state index contributed by atoms with van der Waals surface area (Å²) in [6, 6.07) is 61.0. The molecular formula is C47H29N3O. The summed E-state index contributed by atoms with van der Waals surface area (Å²) >= 11 is 0. The molecule has 0 radical (unpaired) electrons. The highest BCUT2D eigenvalue weighted by Crippen LogP contribution is 2.39. The van der Waals surface area contributed by atoms with Gasteiger partial charge in [-0.3, -0.25) is 0 Å². The summed E-state index contributed by atoms with van der Waals surface area (Å²) in [5, 5.41) is 6.89. The van der Waals surface area contributed by atoms with Crippen LogP contribution in [0.15, 0.2) is 180 Å². The summed E-state index contributed by atoms with van der Waals surface area (Å²) in [6.07, 6.45) is 0. The molecule has 4 heteroatoms. The molecule has 2 aromatic heterocycles. The van der Waals surface area contributed by atoms with Crippen LogP contribution < -0.4 is 0 Å². The van der Waals surface area contributed by atoms with Crippen molar-refractivity contribution in [2.75, 3.05) is 0 Å². The Kier molecular flexibility index (Phi) is 6.78. The molecule has 0 fully saturated rings. The molecule has 0 N–H and O–H groups in total. The minimum atomic E-state index is 0.618. The number of rotatable bonds is 5. The molecule has 0 spiro atoms. The van der Waals surface area contributed by atoms with Gasteiger partial charge in [0.25, 0.3) is 0 Å². The molecule has 0 bridgehead atoms. The van der Waals surface area contributed by atoms with Crippen LogP contribution in [0.1, 0.15) is 0 Å². The van der Waals surface area contributed by atoms with Gasteiger partial charge in [-0.2, -0.15) is 0 Å². The first-order chi connectivity index (χ1) is 25.3. The minimum Gasteiger partial charge on any atom is -0.456 e. The SMILES string of the molecule is c1ccc(-c2nc(-c3cccc(-c4cccc5oc6ccccc6c45)c3)nc(-c3cccc4c(-c5cccc6ccccc56)cccc34)n2)cc1. The van der Waals surface area contributed by atoms with Crippen LogP contribution in [-0.4, -0.2) is 15.0 Å². The Morgan fingerprint density at radius 3 is 1.69 bits per heavy atom. The van der Waals surface area contributed by atoms with E-state index < -0.39 is 0 Å². The van der Waals surface area contributed by atoms with Gasteiger partial charge < -0.3 is 4.42 Å². The third-order valence-corrected chi connectivity index (χ3v) is 9.74. The second kappa shape index (κ2) is 11.9. The number of hydrogen-bond acceptors (Lipinski definition) is 4. The van der Waals surface area contributed by atoms with Crippen molar-refractivity contribution in [3.05, 3.63) is 176 Å². The van der Waals surface area contributed by atoms with Crippen LogP contribution in [0.3, 0.4) is 0 Å². The van der Waals surface area contributed by atoms with Gasteiger partial charge in [0.15, 0.2) is 17.5 Å². The van der Waals surface area contributed by atoms with Crippen molar-refractivity contribution in [2.24, 2.45) is 0 Å². The van der Waals surface area contributed by atoms with Crippen molar-refractivity contribution in [3.63, 3.8) is 0 Å². The molecule has 0 aliphatic heterocycles. The topological polar surface area (TPSA) is 51.8 Å². The third-order valence-electron chi connectivity index (χ3n) is 9.74. The Labute approximate surface area is 294 Å². The predicted octanol–water partition coefficient (Wildman–Crippen LogP) is 12.4. The Balaban J connectivity index is 1.16. The van der Waals surface area contributed by atoms with Gasteiger partial charge in [0, 0.05) is 27.5 Å². The van der Waals surface area contributed by atoms with E-state index in [9.17, 15) is 0 Å². The normalized spacial score (nSPS) is 11.5. The van der Waals surface area contributed by atoms with Gasteiger partial charge in [0.2, 0.25) is 0 Å². The first-order valence-electron chi connectivity index (χ1n) is 17.1. The zero-order valence-corrected chi connectivity index (χ0v) is 27.5. The highest BCUT2D eigenvalue weighted by Gasteiger charge is 2.18. The number of aromatic nitrogens is 3. The summed E-state index contributed by atoms with van der Waals surface area (Å²) in [7, 11) is 0. The first-order valence-corrected chi connectivity index (χ1v) is 17.1. The maximum atomic E-state index is 6.22. The number of furan rings is 1. The van der Waals surface area contributed by atoms with Crippen molar-refractivity contribution >= 4 is 43.5 Å². The fourth-order valence-corrected chi connectivity index (χ4v) is 7.38. The van der Waals surface area contributed by atoms with E-state index in [1.807, 2.05) is 54.6 Å². The molecule has 238 valence electrons. The molecule has 0 saturated heterocycles. The molecule has 8 aromatic carbocycles. The summed E-state index contributed by atoms with van der Waals surface area (Å²) in [5.74, 6) is 1.88. The van der Waals surface area contributed by atoms with Gasteiger partial charge in [-0.25, -0.2) is 15.0 Å². The van der Waals surface area contributed by atoms with Gasteiger partial charge in [-0.1, -0.05) is 158 Å².